The average Bonchev–Trinajstić information content (AvgIpc) is 2.72. The van der Waals surface area contributed by atoms with Crippen molar-refractivity contribution < 1.29 is 19.0 Å². The Kier molecular flexibility index (Phi) is 12.3. The molecule has 8 heteroatoms. The first-order valence-corrected chi connectivity index (χ1v) is 10.6. The number of aliphatic imine (C=N–C) groups is 1. The second-order valence-electron chi connectivity index (χ2n) is 6.87. The van der Waals surface area contributed by atoms with Gasteiger partial charge in [-0.05, 0) is 51.8 Å². The molecule has 1 unspecified atom stereocenters. The summed E-state index contributed by atoms with van der Waals surface area (Å²) >= 11 is 0. The minimum atomic E-state index is -0.0576. The van der Waals surface area contributed by atoms with Crippen LogP contribution >= 0.6 is 0 Å². The first kappa shape index (κ1) is 25.6. The van der Waals surface area contributed by atoms with Gasteiger partial charge in [-0.1, -0.05) is 6.07 Å². The van der Waals surface area contributed by atoms with Crippen molar-refractivity contribution in [3.05, 3.63) is 23.8 Å². The zero-order chi connectivity index (χ0) is 22.4. The summed E-state index contributed by atoms with van der Waals surface area (Å²) in [6, 6.07) is 5.85. The van der Waals surface area contributed by atoms with Crippen LogP contribution in [0, 0.1) is 0 Å². The van der Waals surface area contributed by atoms with E-state index < -0.39 is 0 Å². The van der Waals surface area contributed by atoms with Crippen molar-refractivity contribution in [2.75, 3.05) is 53.6 Å². The summed E-state index contributed by atoms with van der Waals surface area (Å²) in [4.78, 5) is 17.9. The summed E-state index contributed by atoms with van der Waals surface area (Å²) < 4.78 is 16.7. The maximum absolute atomic E-state index is 11.9. The average molecular weight is 423 g/mol. The highest BCUT2D eigenvalue weighted by Gasteiger charge is 2.13. The van der Waals surface area contributed by atoms with Gasteiger partial charge in [0, 0.05) is 33.9 Å². The molecule has 2 N–H and O–H groups in total. The van der Waals surface area contributed by atoms with Gasteiger partial charge in [0.05, 0.1) is 19.3 Å². The maximum Gasteiger partial charge on any atom is 0.243 e. The summed E-state index contributed by atoms with van der Waals surface area (Å²) in [6.45, 7) is 11.2. The minimum Gasteiger partial charge on any atom is -0.490 e. The molecule has 30 heavy (non-hydrogen) atoms. The highest BCUT2D eigenvalue weighted by molar-refractivity contribution is 5.85. The molecule has 1 amide bonds. The smallest absolute Gasteiger partial charge is 0.243 e. The number of rotatable bonds is 13. The van der Waals surface area contributed by atoms with Gasteiger partial charge in [-0.25, -0.2) is 4.99 Å². The fourth-order valence-electron chi connectivity index (χ4n) is 2.59. The number of amides is 1. The van der Waals surface area contributed by atoms with Crippen LogP contribution in [-0.4, -0.2) is 70.4 Å². The van der Waals surface area contributed by atoms with Gasteiger partial charge >= 0.3 is 0 Å². The molecule has 0 radical (unpaired) electrons. The Hall–Kier alpha value is -2.48. The van der Waals surface area contributed by atoms with Crippen molar-refractivity contribution in [1.82, 2.24) is 15.5 Å². The number of likely N-dealkylation sites (N-methyl/N-ethyl adjacent to an activating group) is 1. The van der Waals surface area contributed by atoms with Crippen LogP contribution in [0.3, 0.4) is 0 Å². The Labute approximate surface area is 181 Å². The monoisotopic (exact) mass is 422 g/mol. The SMILES string of the molecule is CCOCCCNC(=NCC(=O)N(C)C)NC(C)c1ccc(OCC)c(OCC)c1. The van der Waals surface area contributed by atoms with Gasteiger partial charge in [0.1, 0.15) is 6.54 Å². The fourth-order valence-corrected chi connectivity index (χ4v) is 2.59. The van der Waals surface area contributed by atoms with E-state index in [1.165, 1.54) is 4.90 Å². The molecule has 0 spiro atoms. The number of carbonyl (C=O) groups excluding carboxylic acids is 1. The molecule has 0 heterocycles. The zero-order valence-corrected chi connectivity index (χ0v) is 19.3. The van der Waals surface area contributed by atoms with E-state index in [0.717, 1.165) is 23.5 Å². The van der Waals surface area contributed by atoms with Gasteiger partial charge in [0.15, 0.2) is 17.5 Å². The van der Waals surface area contributed by atoms with Crippen molar-refractivity contribution in [3.8, 4) is 11.5 Å². The molecule has 1 aromatic carbocycles. The number of hydrogen-bond acceptors (Lipinski definition) is 5. The highest BCUT2D eigenvalue weighted by atomic mass is 16.5. The lowest BCUT2D eigenvalue weighted by Crippen LogP contribution is -2.40. The molecule has 170 valence electrons. The topological polar surface area (TPSA) is 84.4 Å². The van der Waals surface area contributed by atoms with Gasteiger partial charge in [-0.3, -0.25) is 4.79 Å². The van der Waals surface area contributed by atoms with E-state index in [4.69, 9.17) is 14.2 Å². The van der Waals surface area contributed by atoms with E-state index in [9.17, 15) is 4.79 Å². The predicted molar refractivity (Wildman–Crippen MR) is 120 cm³/mol. The van der Waals surface area contributed by atoms with E-state index >= 15 is 0 Å². The second kappa shape index (κ2) is 14.5. The normalized spacial score (nSPS) is 12.3. The van der Waals surface area contributed by atoms with E-state index in [2.05, 4.69) is 15.6 Å². The third kappa shape index (κ3) is 9.35. The zero-order valence-electron chi connectivity index (χ0n) is 19.3. The van der Waals surface area contributed by atoms with E-state index in [1.54, 1.807) is 14.1 Å². The van der Waals surface area contributed by atoms with Crippen molar-refractivity contribution in [1.29, 1.82) is 0 Å². The van der Waals surface area contributed by atoms with E-state index in [0.29, 0.717) is 38.9 Å². The molecule has 1 aromatic rings. The number of hydrogen-bond donors (Lipinski definition) is 2. The first-order chi connectivity index (χ1) is 14.4. The molecular weight excluding hydrogens is 384 g/mol. The van der Waals surface area contributed by atoms with Crippen molar-refractivity contribution >= 4 is 11.9 Å². The summed E-state index contributed by atoms with van der Waals surface area (Å²) in [5.74, 6) is 1.98. The summed E-state index contributed by atoms with van der Waals surface area (Å²) in [5.41, 5.74) is 1.03. The van der Waals surface area contributed by atoms with Crippen LogP contribution in [-0.2, 0) is 9.53 Å². The molecule has 1 rings (SSSR count). The van der Waals surface area contributed by atoms with Crippen molar-refractivity contribution in [2.24, 2.45) is 4.99 Å². The van der Waals surface area contributed by atoms with Crippen LogP contribution in [0.25, 0.3) is 0 Å². The number of nitrogens with one attached hydrogen (secondary N) is 2. The van der Waals surface area contributed by atoms with E-state index in [-0.39, 0.29) is 18.5 Å². The van der Waals surface area contributed by atoms with Gasteiger partial charge in [0.25, 0.3) is 0 Å². The molecule has 8 nitrogen and oxygen atoms in total. The Morgan fingerprint density at radius 1 is 1.10 bits per heavy atom. The Morgan fingerprint density at radius 3 is 2.43 bits per heavy atom. The number of nitrogens with zero attached hydrogens (tertiary/aromatic N) is 2. The molecule has 0 aromatic heterocycles. The number of guanidine groups is 1. The molecule has 0 aliphatic carbocycles. The van der Waals surface area contributed by atoms with Gasteiger partial charge < -0.3 is 29.7 Å². The van der Waals surface area contributed by atoms with Gasteiger partial charge in [-0.2, -0.15) is 0 Å². The molecule has 0 saturated heterocycles. The first-order valence-electron chi connectivity index (χ1n) is 10.6. The van der Waals surface area contributed by atoms with E-state index in [1.807, 2.05) is 45.9 Å². The molecule has 0 fully saturated rings. The highest BCUT2D eigenvalue weighted by Crippen LogP contribution is 2.30. The van der Waals surface area contributed by atoms with Gasteiger partial charge in [-0.15, -0.1) is 0 Å². The number of carbonyl (C=O) groups is 1. The van der Waals surface area contributed by atoms with Crippen LogP contribution in [0.5, 0.6) is 11.5 Å². The second-order valence-corrected chi connectivity index (χ2v) is 6.87. The molecule has 1 atom stereocenters. The van der Waals surface area contributed by atoms with Crippen LogP contribution in [0.15, 0.2) is 23.2 Å². The third-order valence-corrected chi connectivity index (χ3v) is 4.25. The molecule has 0 saturated carbocycles. The lowest BCUT2D eigenvalue weighted by molar-refractivity contribution is -0.127. The van der Waals surface area contributed by atoms with Crippen molar-refractivity contribution in [2.45, 2.75) is 40.2 Å². The number of benzene rings is 1. The van der Waals surface area contributed by atoms with Crippen LogP contribution in [0.4, 0.5) is 0 Å². The predicted octanol–water partition coefficient (Wildman–Crippen LogP) is 2.60. The largest absolute Gasteiger partial charge is 0.490 e. The maximum atomic E-state index is 11.9. The summed E-state index contributed by atoms with van der Waals surface area (Å²) in [6.07, 6.45) is 0.849. The molecular formula is C22H38N4O4. The molecule has 0 bridgehead atoms. The van der Waals surface area contributed by atoms with Gasteiger partial charge in [0.2, 0.25) is 5.91 Å². The lowest BCUT2D eigenvalue weighted by atomic mass is 10.1. The van der Waals surface area contributed by atoms with Crippen LogP contribution in [0.1, 0.15) is 45.7 Å². The summed E-state index contributed by atoms with van der Waals surface area (Å²) in [5, 5.41) is 6.65. The van der Waals surface area contributed by atoms with Crippen molar-refractivity contribution in [3.63, 3.8) is 0 Å². The standard InChI is InChI=1S/C22H38N4O4/c1-7-28-14-10-13-23-22(24-16-21(27)26(5)6)25-17(4)18-11-12-19(29-8-2)20(15-18)30-9-3/h11-12,15,17H,7-10,13-14,16H2,1-6H3,(H2,23,24,25). The Morgan fingerprint density at radius 2 is 1.80 bits per heavy atom. The quantitative estimate of drug-likeness (QED) is 0.289. The Balaban J connectivity index is 2.88. The number of ether oxygens (including phenoxy) is 3. The van der Waals surface area contributed by atoms with Crippen LogP contribution in [0.2, 0.25) is 0 Å². The summed E-state index contributed by atoms with van der Waals surface area (Å²) in [7, 11) is 3.44. The molecule has 0 aliphatic heterocycles. The molecule has 0 aliphatic rings. The van der Waals surface area contributed by atoms with Crippen LogP contribution < -0.4 is 20.1 Å². The minimum absolute atomic E-state index is 0.0486. The lowest BCUT2D eigenvalue weighted by Gasteiger charge is -2.20. The Bertz CT molecular complexity index is 665. The fraction of sp³-hybridized carbons (Fsp3) is 0.636. The third-order valence-electron chi connectivity index (χ3n) is 4.25.